The number of hydrogen-bond donors (Lipinski definition) is 3. The molecule has 29 heavy (non-hydrogen) atoms. The van der Waals surface area contributed by atoms with E-state index in [4.69, 9.17) is 0 Å². The van der Waals surface area contributed by atoms with Gasteiger partial charge >= 0.3 is 0 Å². The van der Waals surface area contributed by atoms with Gasteiger partial charge in [-0.3, -0.25) is 14.2 Å². The van der Waals surface area contributed by atoms with E-state index < -0.39 is 11.5 Å². The highest BCUT2D eigenvalue weighted by Gasteiger charge is 2.29. The monoisotopic (exact) mass is 399 g/mol. The molecule has 2 fully saturated rings. The van der Waals surface area contributed by atoms with E-state index in [9.17, 15) is 14.7 Å². The SMILES string of the molecule is CC(C)Cn1c(O)c(C(=O)NC2CC2)c(=O)n2ncc(/C=C/C3CCNCC3)c12. The Labute approximate surface area is 169 Å². The van der Waals surface area contributed by atoms with Gasteiger partial charge in [0.15, 0.2) is 5.56 Å². The molecule has 8 heteroatoms. The first-order chi connectivity index (χ1) is 14.0. The molecule has 0 radical (unpaired) electrons. The van der Waals surface area contributed by atoms with Crippen LogP contribution in [0.5, 0.6) is 5.88 Å². The molecule has 156 valence electrons. The minimum Gasteiger partial charge on any atom is -0.494 e. The summed E-state index contributed by atoms with van der Waals surface area (Å²) in [6.45, 7) is 6.53. The molecule has 0 aromatic carbocycles. The van der Waals surface area contributed by atoms with Crippen LogP contribution in [0.4, 0.5) is 0 Å². The summed E-state index contributed by atoms with van der Waals surface area (Å²) in [4.78, 5) is 25.6. The first-order valence-corrected chi connectivity index (χ1v) is 10.5. The lowest BCUT2D eigenvalue weighted by atomic mass is 9.97. The summed E-state index contributed by atoms with van der Waals surface area (Å²) in [7, 11) is 0. The van der Waals surface area contributed by atoms with Gasteiger partial charge in [-0.15, -0.1) is 0 Å². The van der Waals surface area contributed by atoms with Gasteiger partial charge in [0.25, 0.3) is 11.5 Å². The second-order valence-electron chi connectivity index (χ2n) is 8.54. The van der Waals surface area contributed by atoms with E-state index in [0.29, 0.717) is 18.1 Å². The fourth-order valence-corrected chi connectivity index (χ4v) is 3.83. The summed E-state index contributed by atoms with van der Waals surface area (Å²) in [6, 6.07) is 0.0941. The number of fused-ring (bicyclic) bond motifs is 1. The molecule has 0 atom stereocenters. The maximum Gasteiger partial charge on any atom is 0.291 e. The number of carbonyl (C=O) groups is 1. The predicted octanol–water partition coefficient (Wildman–Crippen LogP) is 1.76. The van der Waals surface area contributed by atoms with E-state index in [-0.39, 0.29) is 23.4 Å². The van der Waals surface area contributed by atoms with Crippen molar-refractivity contribution in [2.24, 2.45) is 11.8 Å². The summed E-state index contributed by atoms with van der Waals surface area (Å²) >= 11 is 0. The lowest BCUT2D eigenvalue weighted by Gasteiger charge is -2.19. The predicted molar refractivity (Wildman–Crippen MR) is 111 cm³/mol. The van der Waals surface area contributed by atoms with Crippen LogP contribution in [-0.4, -0.2) is 44.3 Å². The maximum absolute atomic E-state index is 13.0. The van der Waals surface area contributed by atoms with Crippen molar-refractivity contribution in [1.29, 1.82) is 0 Å². The van der Waals surface area contributed by atoms with Gasteiger partial charge in [0.05, 0.1) is 6.20 Å². The molecule has 2 aromatic heterocycles. The van der Waals surface area contributed by atoms with Crippen LogP contribution in [-0.2, 0) is 6.54 Å². The van der Waals surface area contributed by atoms with Crippen LogP contribution in [0.3, 0.4) is 0 Å². The van der Waals surface area contributed by atoms with Crippen molar-refractivity contribution in [3.05, 3.63) is 33.8 Å². The van der Waals surface area contributed by atoms with E-state index in [1.807, 2.05) is 19.9 Å². The van der Waals surface area contributed by atoms with Crippen LogP contribution >= 0.6 is 0 Å². The Morgan fingerprint density at radius 1 is 1.34 bits per heavy atom. The van der Waals surface area contributed by atoms with E-state index in [2.05, 4.69) is 21.8 Å². The number of allylic oxidation sites excluding steroid dienone is 1. The van der Waals surface area contributed by atoms with Crippen molar-refractivity contribution >= 4 is 17.6 Å². The number of carbonyl (C=O) groups excluding carboxylic acids is 1. The molecule has 2 aromatic rings. The largest absolute Gasteiger partial charge is 0.494 e. The number of hydrogen-bond acceptors (Lipinski definition) is 5. The average Bonchev–Trinajstić information content (AvgIpc) is 3.40. The number of amides is 1. The van der Waals surface area contributed by atoms with Gasteiger partial charge in [0, 0.05) is 18.2 Å². The number of piperidine rings is 1. The molecule has 3 N–H and O–H groups in total. The Morgan fingerprint density at radius 3 is 2.72 bits per heavy atom. The summed E-state index contributed by atoms with van der Waals surface area (Å²) < 4.78 is 2.88. The molecule has 1 amide bonds. The van der Waals surface area contributed by atoms with Crippen molar-refractivity contribution in [2.45, 2.75) is 52.1 Å². The number of rotatable bonds is 6. The zero-order valence-electron chi connectivity index (χ0n) is 17.0. The number of nitrogens with zero attached hydrogens (tertiary/aromatic N) is 3. The zero-order valence-corrected chi connectivity index (χ0v) is 17.0. The van der Waals surface area contributed by atoms with E-state index in [1.165, 1.54) is 4.52 Å². The topological polar surface area (TPSA) is 101 Å². The molecule has 0 bridgehead atoms. The highest BCUT2D eigenvalue weighted by atomic mass is 16.3. The van der Waals surface area contributed by atoms with E-state index >= 15 is 0 Å². The van der Waals surface area contributed by atoms with Gasteiger partial charge in [-0.2, -0.15) is 9.61 Å². The lowest BCUT2D eigenvalue weighted by molar-refractivity contribution is 0.0944. The first kappa shape index (κ1) is 19.7. The van der Waals surface area contributed by atoms with Crippen molar-refractivity contribution in [3.8, 4) is 5.88 Å². The molecule has 4 rings (SSSR count). The van der Waals surface area contributed by atoms with Gasteiger partial charge in [-0.25, -0.2) is 0 Å². The highest BCUT2D eigenvalue weighted by Crippen LogP contribution is 2.25. The van der Waals surface area contributed by atoms with Gasteiger partial charge in [-0.1, -0.05) is 26.0 Å². The molecule has 0 spiro atoms. The number of aromatic nitrogens is 3. The molecular formula is C21H29N5O3. The van der Waals surface area contributed by atoms with Crippen molar-refractivity contribution in [3.63, 3.8) is 0 Å². The smallest absolute Gasteiger partial charge is 0.291 e. The average molecular weight is 399 g/mol. The normalized spacial score (nSPS) is 18.2. The highest BCUT2D eigenvalue weighted by molar-refractivity contribution is 5.96. The van der Waals surface area contributed by atoms with Crippen LogP contribution in [0.25, 0.3) is 11.7 Å². The lowest BCUT2D eigenvalue weighted by Crippen LogP contribution is -2.34. The molecule has 0 unspecified atom stereocenters. The maximum atomic E-state index is 13.0. The van der Waals surface area contributed by atoms with Crippen LogP contribution in [0.1, 0.15) is 55.5 Å². The Morgan fingerprint density at radius 2 is 2.07 bits per heavy atom. The molecule has 3 heterocycles. The van der Waals surface area contributed by atoms with E-state index in [1.54, 1.807) is 10.8 Å². The van der Waals surface area contributed by atoms with Gasteiger partial charge in [0.1, 0.15) is 5.65 Å². The van der Waals surface area contributed by atoms with Crippen LogP contribution < -0.4 is 16.2 Å². The quantitative estimate of drug-likeness (QED) is 0.687. The second-order valence-corrected chi connectivity index (χ2v) is 8.54. The third-order valence-electron chi connectivity index (χ3n) is 5.53. The zero-order chi connectivity index (χ0) is 20.5. The molecule has 1 saturated carbocycles. The third kappa shape index (κ3) is 4.07. The first-order valence-electron chi connectivity index (χ1n) is 10.5. The summed E-state index contributed by atoms with van der Waals surface area (Å²) in [5.74, 6) is -0.126. The second kappa shape index (κ2) is 8.02. The molecule has 1 aliphatic heterocycles. The van der Waals surface area contributed by atoms with Crippen molar-refractivity contribution < 1.29 is 9.90 Å². The Kier molecular flexibility index (Phi) is 5.45. The molecule has 8 nitrogen and oxygen atoms in total. The number of aromatic hydroxyl groups is 1. The van der Waals surface area contributed by atoms with Crippen LogP contribution in [0, 0.1) is 11.8 Å². The molecular weight excluding hydrogens is 370 g/mol. The summed E-state index contributed by atoms with van der Waals surface area (Å²) in [5, 5.41) is 21.3. The number of nitrogens with one attached hydrogen (secondary N) is 2. The molecule has 2 aliphatic rings. The Hall–Kier alpha value is -2.61. The minimum atomic E-state index is -0.586. The third-order valence-corrected chi connectivity index (χ3v) is 5.53. The van der Waals surface area contributed by atoms with Crippen molar-refractivity contribution in [1.82, 2.24) is 24.8 Å². The fraction of sp³-hybridized carbons (Fsp3) is 0.571. The van der Waals surface area contributed by atoms with Crippen molar-refractivity contribution in [2.75, 3.05) is 13.1 Å². The van der Waals surface area contributed by atoms with Gasteiger partial charge in [0.2, 0.25) is 5.88 Å². The van der Waals surface area contributed by atoms with Crippen LogP contribution in [0.15, 0.2) is 17.1 Å². The standard InChI is InChI=1S/C21H29N5O3/c1-13(2)12-25-19-15(4-3-14-7-9-22-10-8-14)11-23-26(19)21(29)17(20(25)28)18(27)24-16-5-6-16/h3-4,11,13-14,16,22,28H,5-10,12H2,1-2H3,(H,24,27)/b4-3+. The van der Waals surface area contributed by atoms with Crippen LogP contribution in [0.2, 0.25) is 0 Å². The molecule has 1 saturated heterocycles. The summed E-state index contributed by atoms with van der Waals surface area (Å²) in [5.41, 5.74) is 0.472. The Balaban J connectivity index is 1.79. The fourth-order valence-electron chi connectivity index (χ4n) is 3.83. The van der Waals surface area contributed by atoms with Gasteiger partial charge in [-0.05, 0) is 50.6 Å². The van der Waals surface area contributed by atoms with E-state index in [0.717, 1.165) is 44.3 Å². The Bertz CT molecular complexity index is 994. The minimum absolute atomic E-state index is 0.0941. The summed E-state index contributed by atoms with van der Waals surface area (Å²) in [6.07, 6.45) is 9.74. The van der Waals surface area contributed by atoms with Gasteiger partial charge < -0.3 is 15.7 Å². The molecule has 1 aliphatic carbocycles.